The second kappa shape index (κ2) is 7.38. The zero-order valence-electron chi connectivity index (χ0n) is 15.9. The van der Waals surface area contributed by atoms with Gasteiger partial charge in [0.2, 0.25) is 5.82 Å². The molecule has 2 aromatic rings. The summed E-state index contributed by atoms with van der Waals surface area (Å²) in [7, 11) is -4.37. The Kier molecular flexibility index (Phi) is 4.81. The second-order valence-corrected chi connectivity index (χ2v) is 8.01. The first-order valence-corrected chi connectivity index (χ1v) is 9.87. The number of aliphatic hydroxyl groups is 2. The molecule has 2 aliphatic heterocycles. The molecule has 30 heavy (non-hydrogen) atoms. The molecule has 4 rings (SSSR count). The number of rotatable bonds is 4. The van der Waals surface area contributed by atoms with Gasteiger partial charge < -0.3 is 19.5 Å². The van der Waals surface area contributed by atoms with Crippen LogP contribution in [0.3, 0.4) is 0 Å². The van der Waals surface area contributed by atoms with Gasteiger partial charge in [0.15, 0.2) is 6.20 Å². The zero-order chi connectivity index (χ0) is 22.6. The number of benzene rings is 1. The Bertz CT molecular complexity index is 1190. The van der Waals surface area contributed by atoms with Crippen LogP contribution < -0.4 is 15.8 Å². The van der Waals surface area contributed by atoms with Crippen molar-refractivity contribution in [3.8, 4) is 5.75 Å². The molecule has 0 bridgehead atoms. The molecule has 5 atom stereocenters. The van der Waals surface area contributed by atoms with Gasteiger partial charge >= 0.3 is 13.5 Å². The number of aliphatic hydroxyl groups excluding tert-OH is 2. The molecule has 0 amide bonds. The number of aromatic nitrogens is 2. The van der Waals surface area contributed by atoms with Crippen LogP contribution in [0.15, 0.2) is 40.1 Å². The first-order valence-electron chi connectivity index (χ1n) is 8.91. The van der Waals surface area contributed by atoms with Crippen LogP contribution in [0, 0.1) is 5.82 Å². The Morgan fingerprint density at radius 2 is 2.13 bits per heavy atom. The monoisotopic (exact) mass is 449 g/mol. The minimum absolute atomic E-state index is 0.0465. The number of halogens is 2. The van der Waals surface area contributed by atoms with Crippen LogP contribution in [-0.4, -0.2) is 44.4 Å². The van der Waals surface area contributed by atoms with E-state index in [0.29, 0.717) is 5.56 Å². The van der Waals surface area contributed by atoms with Crippen molar-refractivity contribution in [1.82, 2.24) is 9.55 Å². The largest absolute Gasteiger partial charge is 0.530 e. The van der Waals surface area contributed by atoms with Gasteiger partial charge in [-0.15, -0.1) is 0 Å². The topological polar surface area (TPSA) is 149 Å². The predicted molar refractivity (Wildman–Crippen MR) is 92.7 cm³/mol. The lowest BCUT2D eigenvalue weighted by atomic mass is 10.1. The summed E-state index contributed by atoms with van der Waals surface area (Å²) >= 11 is 0. The van der Waals surface area contributed by atoms with E-state index in [1.165, 1.54) is 11.1 Å². The Morgan fingerprint density at radius 3 is 2.90 bits per heavy atom. The normalized spacial score (nSPS) is 36.1. The van der Waals surface area contributed by atoms with Gasteiger partial charge in [0.25, 0.3) is 11.4 Å². The zero-order valence-corrected chi connectivity index (χ0v) is 15.8. The van der Waals surface area contributed by atoms with Crippen LogP contribution in [-0.2, 0) is 25.0 Å². The van der Waals surface area contributed by atoms with Gasteiger partial charge in [0.1, 0.15) is 24.6 Å². The lowest BCUT2D eigenvalue weighted by Gasteiger charge is -2.28. The number of phosphoric ester groups is 1. The van der Waals surface area contributed by atoms with Gasteiger partial charge in [0, 0.05) is 5.56 Å². The average Bonchev–Trinajstić information content (AvgIpc) is 2.90. The van der Waals surface area contributed by atoms with Crippen LogP contribution >= 0.6 is 7.82 Å². The first-order chi connectivity index (χ1) is 14.5. The van der Waals surface area contributed by atoms with Crippen molar-refractivity contribution >= 4 is 7.82 Å². The number of para-hydroxylation sites is 1. The number of H-pyrrole nitrogens is 1. The van der Waals surface area contributed by atoms with E-state index in [0.717, 1.165) is 0 Å². The van der Waals surface area contributed by atoms with Crippen molar-refractivity contribution in [2.45, 2.75) is 30.9 Å². The Labute approximate surface area is 167 Å². The number of phosphoric acid groups is 1. The molecule has 0 aliphatic carbocycles. The molecular weight excluding hydrogens is 433 g/mol. The molecule has 3 N–H and O–H groups in total. The van der Waals surface area contributed by atoms with Gasteiger partial charge in [-0.25, -0.2) is 13.8 Å². The molecule has 162 valence electrons. The summed E-state index contributed by atoms with van der Waals surface area (Å²) < 4.78 is 69.4. The number of hydrogen-bond donors (Lipinski definition) is 3. The number of aromatic amines is 1. The fourth-order valence-corrected chi connectivity index (χ4v) is 4.05. The molecule has 1 fully saturated rings. The lowest BCUT2D eigenvalue weighted by molar-refractivity contribution is -0.205. The fraction of sp³-hybridized carbons (Fsp3) is 0.375. The third-order valence-corrected chi connectivity index (χ3v) is 5.70. The van der Waals surface area contributed by atoms with E-state index < -0.39 is 55.8 Å². The number of alkyl halides is 1. The molecule has 11 nitrogen and oxygen atoms in total. The maximum atomic E-state index is 15.3. The smallest absolute Gasteiger partial charge is 0.404 e. The summed E-state index contributed by atoms with van der Waals surface area (Å²) in [6, 6.07) is 6.36. The van der Waals surface area contributed by atoms with Gasteiger partial charge in [-0.3, -0.25) is 23.4 Å². The third kappa shape index (κ3) is 3.60. The van der Waals surface area contributed by atoms with E-state index >= 15 is 4.39 Å². The maximum absolute atomic E-state index is 15.3. The van der Waals surface area contributed by atoms with E-state index in [1.54, 1.807) is 18.2 Å². The quantitative estimate of drug-likeness (QED) is 0.561. The molecule has 0 radical (unpaired) electrons. The number of ether oxygens (including phenoxy) is 1. The minimum Gasteiger partial charge on any atom is -0.404 e. The second-order valence-electron chi connectivity index (χ2n) is 6.42. The number of nitrogens with one attached hydrogen (secondary N) is 1. The van der Waals surface area contributed by atoms with Crippen molar-refractivity contribution in [2.24, 2.45) is 0 Å². The van der Waals surface area contributed by atoms with Gasteiger partial charge in [-0.2, -0.15) is 4.39 Å². The number of hydrogen-bond acceptors (Lipinski definition) is 9. The number of fused-ring (bicyclic) bond motifs is 1. The predicted octanol–water partition coefficient (Wildman–Crippen LogP) is 0.326. The molecule has 1 saturated heterocycles. The lowest BCUT2D eigenvalue weighted by Crippen LogP contribution is -2.43. The van der Waals surface area contributed by atoms with Gasteiger partial charge in [-0.1, -0.05) is 18.2 Å². The maximum Gasteiger partial charge on any atom is 0.530 e. The van der Waals surface area contributed by atoms with Crippen molar-refractivity contribution in [1.29, 1.82) is 0 Å². The Morgan fingerprint density at radius 1 is 1.40 bits per heavy atom. The van der Waals surface area contributed by atoms with Gasteiger partial charge in [-0.05, 0) is 6.07 Å². The summed E-state index contributed by atoms with van der Waals surface area (Å²) in [5, 5.41) is 20.3. The van der Waals surface area contributed by atoms with Crippen LogP contribution in [0.4, 0.5) is 8.78 Å². The standard InChI is InChI=1S/C16H15F2N2O9P/c17-9-5-20(15(24)19-13(9)23)14-11(21)12(22)16(18,28-14)7-27-30(25)26-6-8-3-1-2-4-10(8)29-30/h1-5,11-12,14,21-22H,6-7H2,(H,19,23,24)/t11-,12+,14-,16-,30?/m1/s1/i14D. The van der Waals surface area contributed by atoms with E-state index in [2.05, 4.69) is 0 Å². The van der Waals surface area contributed by atoms with Crippen LogP contribution in [0.5, 0.6) is 5.75 Å². The molecule has 14 heteroatoms. The Balaban J connectivity index is 1.57. The van der Waals surface area contributed by atoms with E-state index in [4.69, 9.17) is 19.7 Å². The molecule has 2 aliphatic rings. The van der Waals surface area contributed by atoms with Crippen molar-refractivity contribution in [3.05, 3.63) is 62.7 Å². The Hall–Kier alpha value is -2.41. The summed E-state index contributed by atoms with van der Waals surface area (Å²) in [6.45, 7) is -1.54. The first kappa shape index (κ1) is 19.5. The van der Waals surface area contributed by atoms with Crippen molar-refractivity contribution < 1.29 is 43.2 Å². The highest BCUT2D eigenvalue weighted by Gasteiger charge is 2.57. The SMILES string of the molecule is [2H][C@@]1(n2cc(F)c(=O)[nH]c2=O)O[C@](F)(COP2(=O)OCc3ccccc3O2)[C@@H](O)[C@H]1O. The molecule has 3 heterocycles. The van der Waals surface area contributed by atoms with Crippen LogP contribution in [0.2, 0.25) is 0 Å². The molecule has 0 saturated carbocycles. The van der Waals surface area contributed by atoms with Gasteiger partial charge in [0.05, 0.1) is 14.2 Å². The van der Waals surface area contributed by atoms with Crippen LogP contribution in [0.1, 0.15) is 13.1 Å². The summed E-state index contributed by atoms with van der Waals surface area (Å²) in [6.07, 6.45) is -7.84. The third-order valence-electron chi connectivity index (χ3n) is 4.38. The highest BCUT2D eigenvalue weighted by atomic mass is 31.2. The van der Waals surface area contributed by atoms with E-state index in [-0.39, 0.29) is 23.1 Å². The molecule has 1 aromatic carbocycles. The van der Waals surface area contributed by atoms with E-state index in [9.17, 15) is 28.8 Å². The number of nitrogens with zero attached hydrogens (tertiary/aromatic N) is 1. The molecular formula is C16H15F2N2O9P. The minimum atomic E-state index is -4.37. The molecule has 0 spiro atoms. The molecule has 1 unspecified atom stereocenters. The fourth-order valence-electron chi connectivity index (χ4n) is 2.82. The van der Waals surface area contributed by atoms with Crippen molar-refractivity contribution in [3.63, 3.8) is 0 Å². The van der Waals surface area contributed by atoms with E-state index in [1.807, 2.05) is 0 Å². The molecule has 1 aromatic heterocycles. The summed E-state index contributed by atoms with van der Waals surface area (Å²) in [5.41, 5.74) is -2.29. The average molecular weight is 449 g/mol. The summed E-state index contributed by atoms with van der Waals surface area (Å²) in [5.74, 6) is -4.77. The highest BCUT2D eigenvalue weighted by Crippen LogP contribution is 2.55. The van der Waals surface area contributed by atoms with Crippen LogP contribution in [0.25, 0.3) is 0 Å². The summed E-state index contributed by atoms with van der Waals surface area (Å²) in [4.78, 5) is 24.6. The van der Waals surface area contributed by atoms with Crippen molar-refractivity contribution in [2.75, 3.05) is 6.61 Å². The highest BCUT2D eigenvalue weighted by molar-refractivity contribution is 7.49.